The molecular weight excluding hydrogens is 312 g/mol. The van der Waals surface area contributed by atoms with Crippen LogP contribution in [0.15, 0.2) is 24.3 Å². The highest BCUT2D eigenvalue weighted by atomic mass is 35.5. The van der Waals surface area contributed by atoms with Crippen LogP contribution in [0.1, 0.15) is 12.0 Å². The number of aliphatic hydroxyl groups excluding tert-OH is 1. The second-order valence-corrected chi connectivity index (χ2v) is 5.88. The highest BCUT2D eigenvalue weighted by molar-refractivity contribution is 7.98. The van der Waals surface area contributed by atoms with Gasteiger partial charge in [0.2, 0.25) is 0 Å². The molecule has 0 spiro atoms. The first-order valence-corrected chi connectivity index (χ1v) is 8.27. The quantitative estimate of drug-likeness (QED) is 0.656. The third-order valence-electron chi connectivity index (χ3n) is 2.73. The van der Waals surface area contributed by atoms with Crippen molar-refractivity contribution in [2.75, 3.05) is 18.6 Å². The van der Waals surface area contributed by atoms with Gasteiger partial charge in [0, 0.05) is 18.1 Å². The van der Waals surface area contributed by atoms with E-state index in [9.17, 15) is 14.7 Å². The van der Waals surface area contributed by atoms with E-state index in [1.54, 1.807) is 36.0 Å². The number of hydrogen-bond acceptors (Lipinski definition) is 4. The first kappa shape index (κ1) is 17.8. The standard InChI is InChI=1S/C14H19ClN2O3S/c1-21-7-6-12(18)9-17-14(20)13(19)16-8-10-2-4-11(15)5-3-10/h2-5,12,18H,6-9H2,1H3,(H,16,19)(H,17,20). The van der Waals surface area contributed by atoms with Gasteiger partial charge in [-0.2, -0.15) is 11.8 Å². The fraction of sp³-hybridized carbons (Fsp3) is 0.429. The minimum absolute atomic E-state index is 0.0771. The Morgan fingerprint density at radius 3 is 2.48 bits per heavy atom. The van der Waals surface area contributed by atoms with E-state index in [-0.39, 0.29) is 13.1 Å². The van der Waals surface area contributed by atoms with Crippen LogP contribution in [-0.4, -0.2) is 41.6 Å². The molecule has 0 aliphatic carbocycles. The van der Waals surface area contributed by atoms with Crippen LogP contribution in [-0.2, 0) is 16.1 Å². The van der Waals surface area contributed by atoms with Crippen molar-refractivity contribution in [2.24, 2.45) is 0 Å². The van der Waals surface area contributed by atoms with E-state index in [1.165, 1.54) is 0 Å². The van der Waals surface area contributed by atoms with Crippen LogP contribution < -0.4 is 10.6 Å². The molecule has 1 rings (SSSR count). The van der Waals surface area contributed by atoms with E-state index in [1.807, 2.05) is 6.26 Å². The van der Waals surface area contributed by atoms with Gasteiger partial charge in [-0.3, -0.25) is 9.59 Å². The predicted octanol–water partition coefficient (Wildman–Crippen LogP) is 1.19. The van der Waals surface area contributed by atoms with Gasteiger partial charge in [0.05, 0.1) is 6.10 Å². The molecule has 3 N–H and O–H groups in total. The molecule has 0 radical (unpaired) electrons. The summed E-state index contributed by atoms with van der Waals surface area (Å²) in [6.07, 6.45) is 1.88. The molecule has 21 heavy (non-hydrogen) atoms. The summed E-state index contributed by atoms with van der Waals surface area (Å²) < 4.78 is 0. The summed E-state index contributed by atoms with van der Waals surface area (Å²) in [5.41, 5.74) is 0.848. The average Bonchev–Trinajstić information content (AvgIpc) is 2.49. The lowest BCUT2D eigenvalue weighted by Gasteiger charge is -2.11. The normalized spacial score (nSPS) is 11.8. The lowest BCUT2D eigenvalue weighted by Crippen LogP contribution is -2.42. The van der Waals surface area contributed by atoms with Gasteiger partial charge in [0.25, 0.3) is 0 Å². The molecule has 0 heterocycles. The van der Waals surface area contributed by atoms with Crippen molar-refractivity contribution in [1.29, 1.82) is 0 Å². The number of aliphatic hydroxyl groups is 1. The van der Waals surface area contributed by atoms with E-state index in [4.69, 9.17) is 11.6 Å². The molecule has 1 aromatic rings. The van der Waals surface area contributed by atoms with Crippen molar-refractivity contribution in [3.63, 3.8) is 0 Å². The van der Waals surface area contributed by atoms with Crippen LogP contribution in [0.25, 0.3) is 0 Å². The van der Waals surface area contributed by atoms with Crippen LogP contribution >= 0.6 is 23.4 Å². The topological polar surface area (TPSA) is 78.4 Å². The Morgan fingerprint density at radius 2 is 1.86 bits per heavy atom. The molecule has 1 aromatic carbocycles. The molecule has 0 saturated heterocycles. The SMILES string of the molecule is CSCCC(O)CNC(=O)C(=O)NCc1ccc(Cl)cc1. The summed E-state index contributed by atoms with van der Waals surface area (Å²) in [6, 6.07) is 6.97. The fourth-order valence-corrected chi connectivity index (χ4v) is 2.15. The third kappa shape index (κ3) is 7.36. The molecule has 1 unspecified atom stereocenters. The van der Waals surface area contributed by atoms with Gasteiger partial charge >= 0.3 is 11.8 Å². The maximum atomic E-state index is 11.6. The first-order chi connectivity index (χ1) is 10.0. The maximum absolute atomic E-state index is 11.6. The van der Waals surface area contributed by atoms with E-state index in [0.717, 1.165) is 11.3 Å². The van der Waals surface area contributed by atoms with Crippen molar-refractivity contribution in [3.8, 4) is 0 Å². The smallest absolute Gasteiger partial charge is 0.309 e. The summed E-state index contributed by atoms with van der Waals surface area (Å²) in [6.45, 7) is 0.326. The molecule has 0 fully saturated rings. The molecule has 116 valence electrons. The highest BCUT2D eigenvalue weighted by Crippen LogP contribution is 2.09. The second-order valence-electron chi connectivity index (χ2n) is 4.45. The third-order valence-corrected chi connectivity index (χ3v) is 3.62. The summed E-state index contributed by atoms with van der Waals surface area (Å²) in [5.74, 6) is -0.658. The largest absolute Gasteiger partial charge is 0.391 e. The Kier molecular flexibility index (Phi) is 8.19. The van der Waals surface area contributed by atoms with Crippen molar-refractivity contribution in [2.45, 2.75) is 19.1 Å². The summed E-state index contributed by atoms with van der Waals surface area (Å²) >= 11 is 7.37. The summed E-state index contributed by atoms with van der Waals surface area (Å²) in [4.78, 5) is 23.1. The molecule has 0 saturated carbocycles. The zero-order valence-electron chi connectivity index (χ0n) is 11.8. The highest BCUT2D eigenvalue weighted by Gasteiger charge is 2.14. The zero-order valence-corrected chi connectivity index (χ0v) is 13.3. The number of hydrogen-bond donors (Lipinski definition) is 3. The molecule has 0 aromatic heterocycles. The molecule has 7 heteroatoms. The number of nitrogens with one attached hydrogen (secondary N) is 2. The first-order valence-electron chi connectivity index (χ1n) is 6.50. The number of halogens is 1. The van der Waals surface area contributed by atoms with Gasteiger partial charge < -0.3 is 15.7 Å². The van der Waals surface area contributed by atoms with Crippen molar-refractivity contribution >= 4 is 35.2 Å². The van der Waals surface area contributed by atoms with Crippen molar-refractivity contribution in [1.82, 2.24) is 10.6 Å². The molecule has 0 aliphatic heterocycles. The number of thioether (sulfide) groups is 1. The van der Waals surface area contributed by atoms with Crippen molar-refractivity contribution < 1.29 is 14.7 Å². The zero-order chi connectivity index (χ0) is 15.7. The number of rotatable bonds is 7. The van der Waals surface area contributed by atoms with Gasteiger partial charge in [0.1, 0.15) is 0 Å². The van der Waals surface area contributed by atoms with Crippen LogP contribution in [0.4, 0.5) is 0 Å². The molecule has 0 aliphatic rings. The Hall–Kier alpha value is -1.24. The van der Waals surface area contributed by atoms with E-state index in [2.05, 4.69) is 10.6 Å². The molecule has 1 atom stereocenters. The average molecular weight is 331 g/mol. The number of amides is 2. The summed E-state index contributed by atoms with van der Waals surface area (Å²) in [5, 5.41) is 15.1. The Labute approximate surface area is 133 Å². The lowest BCUT2D eigenvalue weighted by molar-refractivity contribution is -0.139. The van der Waals surface area contributed by atoms with Gasteiger partial charge in [0.15, 0.2) is 0 Å². The van der Waals surface area contributed by atoms with Crippen molar-refractivity contribution in [3.05, 3.63) is 34.9 Å². The van der Waals surface area contributed by atoms with Crippen LogP contribution in [0.5, 0.6) is 0 Å². The Morgan fingerprint density at radius 1 is 1.24 bits per heavy atom. The van der Waals surface area contributed by atoms with E-state index in [0.29, 0.717) is 11.4 Å². The van der Waals surface area contributed by atoms with E-state index < -0.39 is 17.9 Å². The lowest BCUT2D eigenvalue weighted by atomic mass is 10.2. The Balaban J connectivity index is 2.28. The molecular formula is C14H19ClN2O3S. The predicted molar refractivity (Wildman–Crippen MR) is 85.3 cm³/mol. The van der Waals surface area contributed by atoms with Gasteiger partial charge in [-0.25, -0.2) is 0 Å². The second kappa shape index (κ2) is 9.65. The molecule has 2 amide bonds. The van der Waals surface area contributed by atoms with Gasteiger partial charge in [-0.1, -0.05) is 23.7 Å². The monoisotopic (exact) mass is 330 g/mol. The number of carbonyl (C=O) groups is 2. The number of carbonyl (C=O) groups excluding carboxylic acids is 2. The minimum Gasteiger partial charge on any atom is -0.391 e. The van der Waals surface area contributed by atoms with E-state index >= 15 is 0 Å². The van der Waals surface area contributed by atoms with Crippen LogP contribution in [0, 0.1) is 0 Å². The maximum Gasteiger partial charge on any atom is 0.309 e. The van der Waals surface area contributed by atoms with Crippen LogP contribution in [0.3, 0.4) is 0 Å². The fourth-order valence-electron chi connectivity index (χ4n) is 1.51. The van der Waals surface area contributed by atoms with Gasteiger partial charge in [-0.15, -0.1) is 0 Å². The van der Waals surface area contributed by atoms with Gasteiger partial charge in [-0.05, 0) is 36.1 Å². The number of benzene rings is 1. The summed E-state index contributed by atoms with van der Waals surface area (Å²) in [7, 11) is 0. The van der Waals surface area contributed by atoms with Crippen LogP contribution in [0.2, 0.25) is 5.02 Å². The Bertz CT molecular complexity index is 468. The minimum atomic E-state index is -0.743. The molecule has 5 nitrogen and oxygen atoms in total. The molecule has 0 bridgehead atoms.